The van der Waals surface area contributed by atoms with Crippen molar-refractivity contribution < 1.29 is 9.32 Å². The second-order valence-electron chi connectivity index (χ2n) is 7.62. The summed E-state index contributed by atoms with van der Waals surface area (Å²) in [6, 6.07) is 16.1. The third kappa shape index (κ3) is 5.28. The standard InChI is InChI=1S/C23H26N4O2/c28-22(27-15-7-10-19(17-27)16-18-8-2-1-3-9-18)13-6-12-21-25-23(26-29-21)20-11-4-5-14-24-20/h1-5,8-9,11,14,19H,6-7,10,12-13,15-17H2. The number of benzene rings is 1. The Balaban J connectivity index is 1.24. The lowest BCUT2D eigenvalue weighted by Crippen LogP contribution is -2.40. The maximum absolute atomic E-state index is 12.7. The molecule has 1 unspecified atom stereocenters. The molecule has 3 heterocycles. The van der Waals surface area contributed by atoms with Gasteiger partial charge in [-0.05, 0) is 49.3 Å². The zero-order chi connectivity index (χ0) is 19.9. The van der Waals surface area contributed by atoms with Crippen molar-refractivity contribution in [2.45, 2.75) is 38.5 Å². The van der Waals surface area contributed by atoms with Crippen LogP contribution in [0.1, 0.15) is 37.1 Å². The zero-order valence-electron chi connectivity index (χ0n) is 16.5. The van der Waals surface area contributed by atoms with Crippen LogP contribution in [0.25, 0.3) is 11.5 Å². The van der Waals surface area contributed by atoms with Crippen LogP contribution in [0.5, 0.6) is 0 Å². The molecule has 150 valence electrons. The summed E-state index contributed by atoms with van der Waals surface area (Å²) < 4.78 is 5.30. The molecule has 0 saturated carbocycles. The summed E-state index contributed by atoms with van der Waals surface area (Å²) in [5, 5.41) is 3.98. The molecule has 0 bridgehead atoms. The second-order valence-corrected chi connectivity index (χ2v) is 7.62. The molecule has 4 rings (SSSR count). The number of piperidine rings is 1. The Labute approximate surface area is 171 Å². The fraction of sp³-hybridized carbons (Fsp3) is 0.391. The van der Waals surface area contributed by atoms with E-state index in [-0.39, 0.29) is 5.91 Å². The molecule has 0 aliphatic carbocycles. The Morgan fingerprint density at radius 3 is 2.83 bits per heavy atom. The summed E-state index contributed by atoms with van der Waals surface area (Å²) >= 11 is 0. The van der Waals surface area contributed by atoms with Gasteiger partial charge in [-0.2, -0.15) is 4.98 Å². The van der Waals surface area contributed by atoms with Gasteiger partial charge in [0.05, 0.1) is 0 Å². The number of pyridine rings is 1. The minimum atomic E-state index is 0.229. The molecule has 1 saturated heterocycles. The van der Waals surface area contributed by atoms with Crippen LogP contribution in [0.3, 0.4) is 0 Å². The van der Waals surface area contributed by atoms with E-state index in [1.54, 1.807) is 6.20 Å². The van der Waals surface area contributed by atoms with Crippen LogP contribution in [-0.2, 0) is 17.6 Å². The van der Waals surface area contributed by atoms with Gasteiger partial charge >= 0.3 is 0 Å². The number of hydrogen-bond donors (Lipinski definition) is 0. The molecule has 6 heteroatoms. The zero-order valence-corrected chi connectivity index (χ0v) is 16.5. The fourth-order valence-corrected chi connectivity index (χ4v) is 3.91. The van der Waals surface area contributed by atoms with Crippen molar-refractivity contribution in [2.24, 2.45) is 5.92 Å². The molecule has 0 spiro atoms. The average molecular weight is 390 g/mol. The maximum atomic E-state index is 12.7. The summed E-state index contributed by atoms with van der Waals surface area (Å²) in [6.07, 6.45) is 6.85. The highest BCUT2D eigenvalue weighted by molar-refractivity contribution is 5.76. The lowest BCUT2D eigenvalue weighted by atomic mass is 9.91. The predicted molar refractivity (Wildman–Crippen MR) is 110 cm³/mol. The number of rotatable bonds is 7. The van der Waals surface area contributed by atoms with Gasteiger partial charge in [-0.3, -0.25) is 9.78 Å². The Bertz CT molecular complexity index is 911. The van der Waals surface area contributed by atoms with E-state index >= 15 is 0 Å². The molecule has 0 N–H and O–H groups in total. The number of amides is 1. The second kappa shape index (κ2) is 9.45. The van der Waals surface area contributed by atoms with Gasteiger partial charge in [0.25, 0.3) is 0 Å². The quantitative estimate of drug-likeness (QED) is 0.611. The van der Waals surface area contributed by atoms with Crippen LogP contribution in [0.2, 0.25) is 0 Å². The van der Waals surface area contributed by atoms with Gasteiger partial charge < -0.3 is 9.42 Å². The van der Waals surface area contributed by atoms with Crippen LogP contribution in [-0.4, -0.2) is 39.0 Å². The molecule has 1 aliphatic heterocycles. The lowest BCUT2D eigenvalue weighted by Gasteiger charge is -2.33. The molecule has 6 nitrogen and oxygen atoms in total. The van der Waals surface area contributed by atoms with Crippen molar-refractivity contribution in [2.75, 3.05) is 13.1 Å². The van der Waals surface area contributed by atoms with Crippen LogP contribution in [0.15, 0.2) is 59.3 Å². The van der Waals surface area contributed by atoms with Crippen LogP contribution in [0, 0.1) is 5.92 Å². The molecule has 3 aromatic rings. The fourth-order valence-electron chi connectivity index (χ4n) is 3.91. The van der Waals surface area contributed by atoms with E-state index in [4.69, 9.17) is 4.52 Å². The third-order valence-electron chi connectivity index (χ3n) is 5.38. The van der Waals surface area contributed by atoms with Crippen molar-refractivity contribution in [3.8, 4) is 11.5 Å². The van der Waals surface area contributed by atoms with E-state index in [1.807, 2.05) is 29.2 Å². The van der Waals surface area contributed by atoms with E-state index < -0.39 is 0 Å². The van der Waals surface area contributed by atoms with Crippen molar-refractivity contribution in [1.82, 2.24) is 20.0 Å². The van der Waals surface area contributed by atoms with Gasteiger partial charge in [0, 0.05) is 32.1 Å². The summed E-state index contributed by atoms with van der Waals surface area (Å²) in [7, 11) is 0. The summed E-state index contributed by atoms with van der Waals surface area (Å²) in [5.41, 5.74) is 2.04. The Hall–Kier alpha value is -3.02. The predicted octanol–water partition coefficient (Wildman–Crippen LogP) is 3.94. The van der Waals surface area contributed by atoms with Gasteiger partial charge in [-0.25, -0.2) is 0 Å². The molecular formula is C23H26N4O2. The monoisotopic (exact) mass is 390 g/mol. The first-order valence-corrected chi connectivity index (χ1v) is 10.3. The Morgan fingerprint density at radius 1 is 1.14 bits per heavy atom. The highest BCUT2D eigenvalue weighted by Crippen LogP contribution is 2.22. The number of aryl methyl sites for hydroxylation is 1. The van der Waals surface area contributed by atoms with E-state index in [1.165, 1.54) is 12.0 Å². The number of aromatic nitrogens is 3. The SMILES string of the molecule is O=C(CCCc1nc(-c2ccccn2)no1)N1CCCC(Cc2ccccc2)C1. The van der Waals surface area contributed by atoms with Gasteiger partial charge in [0.15, 0.2) is 0 Å². The minimum absolute atomic E-state index is 0.229. The van der Waals surface area contributed by atoms with E-state index in [0.29, 0.717) is 42.6 Å². The number of nitrogens with zero attached hydrogens (tertiary/aromatic N) is 4. The summed E-state index contributed by atoms with van der Waals surface area (Å²) in [6.45, 7) is 1.73. The van der Waals surface area contributed by atoms with Gasteiger partial charge in [-0.15, -0.1) is 0 Å². The number of likely N-dealkylation sites (tertiary alicyclic amines) is 1. The first-order chi connectivity index (χ1) is 14.3. The normalized spacial score (nSPS) is 16.7. The smallest absolute Gasteiger partial charge is 0.227 e. The number of carbonyl (C=O) groups is 1. The Kier molecular flexibility index (Phi) is 6.29. The highest BCUT2D eigenvalue weighted by Gasteiger charge is 2.23. The van der Waals surface area contributed by atoms with Crippen molar-refractivity contribution in [3.63, 3.8) is 0 Å². The number of carbonyl (C=O) groups excluding carboxylic acids is 1. The van der Waals surface area contributed by atoms with Gasteiger partial charge in [0.2, 0.25) is 17.6 Å². The minimum Gasteiger partial charge on any atom is -0.342 e. The van der Waals surface area contributed by atoms with Gasteiger partial charge in [0.1, 0.15) is 5.69 Å². The topological polar surface area (TPSA) is 72.1 Å². The van der Waals surface area contributed by atoms with Crippen molar-refractivity contribution in [3.05, 3.63) is 66.2 Å². The van der Waals surface area contributed by atoms with Crippen LogP contribution in [0.4, 0.5) is 0 Å². The first-order valence-electron chi connectivity index (χ1n) is 10.3. The molecular weight excluding hydrogens is 364 g/mol. The number of hydrogen-bond acceptors (Lipinski definition) is 5. The first kappa shape index (κ1) is 19.3. The molecule has 1 amide bonds. The molecule has 1 aliphatic rings. The third-order valence-corrected chi connectivity index (χ3v) is 5.38. The molecule has 1 fully saturated rings. The summed E-state index contributed by atoms with van der Waals surface area (Å²) in [5.74, 6) is 1.82. The van der Waals surface area contributed by atoms with Crippen molar-refractivity contribution in [1.29, 1.82) is 0 Å². The van der Waals surface area contributed by atoms with Crippen LogP contribution >= 0.6 is 0 Å². The van der Waals surface area contributed by atoms with E-state index in [9.17, 15) is 4.79 Å². The van der Waals surface area contributed by atoms with Crippen LogP contribution < -0.4 is 0 Å². The van der Waals surface area contributed by atoms with Gasteiger partial charge in [-0.1, -0.05) is 41.6 Å². The molecule has 1 aromatic carbocycles. The largest absolute Gasteiger partial charge is 0.342 e. The maximum Gasteiger partial charge on any atom is 0.227 e. The summed E-state index contributed by atoms with van der Waals surface area (Å²) in [4.78, 5) is 23.3. The molecule has 0 radical (unpaired) electrons. The molecule has 2 aromatic heterocycles. The van der Waals surface area contributed by atoms with E-state index in [2.05, 4.69) is 39.4 Å². The lowest BCUT2D eigenvalue weighted by molar-refractivity contribution is -0.133. The van der Waals surface area contributed by atoms with Crippen molar-refractivity contribution >= 4 is 5.91 Å². The average Bonchev–Trinajstić information content (AvgIpc) is 3.24. The molecule has 1 atom stereocenters. The van der Waals surface area contributed by atoms with E-state index in [0.717, 1.165) is 25.9 Å². The highest BCUT2D eigenvalue weighted by atomic mass is 16.5. The Morgan fingerprint density at radius 2 is 2.00 bits per heavy atom. The molecule has 29 heavy (non-hydrogen) atoms.